The number of rotatable bonds is 3. The summed E-state index contributed by atoms with van der Waals surface area (Å²) in [5.41, 5.74) is 1.71. The number of halogens is 1. The first kappa shape index (κ1) is 13.1. The number of carbonyl (C=O) groups is 1. The highest BCUT2D eigenvalue weighted by molar-refractivity contribution is 5.86. The summed E-state index contributed by atoms with van der Waals surface area (Å²) < 4.78 is 13.8. The molecule has 2 aromatic rings. The number of benzene rings is 2. The Morgan fingerprint density at radius 2 is 1.89 bits per heavy atom. The van der Waals surface area contributed by atoms with E-state index < -0.39 is 11.9 Å². The van der Waals surface area contributed by atoms with Gasteiger partial charge in [-0.25, -0.2) is 9.18 Å². The van der Waals surface area contributed by atoms with Crippen LogP contribution >= 0.6 is 0 Å². The van der Waals surface area contributed by atoms with Crippen LogP contribution in [0.1, 0.15) is 11.1 Å². The predicted molar refractivity (Wildman–Crippen MR) is 71.8 cm³/mol. The van der Waals surface area contributed by atoms with Crippen molar-refractivity contribution in [2.75, 3.05) is 4.90 Å². The van der Waals surface area contributed by atoms with E-state index >= 15 is 0 Å². The smallest absolute Gasteiger partial charge is 0.412 e. The van der Waals surface area contributed by atoms with E-state index in [9.17, 15) is 14.3 Å². The maximum Gasteiger partial charge on any atom is 0.412 e. The van der Waals surface area contributed by atoms with Crippen LogP contribution in [0.3, 0.4) is 0 Å². The van der Waals surface area contributed by atoms with Crippen LogP contribution in [0.2, 0.25) is 0 Å². The highest BCUT2D eigenvalue weighted by Gasteiger charge is 2.18. The van der Waals surface area contributed by atoms with Crippen LogP contribution in [-0.2, 0) is 6.54 Å². The molecule has 2 aromatic carbocycles. The minimum absolute atomic E-state index is 0.0800. The van der Waals surface area contributed by atoms with Gasteiger partial charge in [-0.3, -0.25) is 4.90 Å². The minimum Gasteiger partial charge on any atom is -0.465 e. The van der Waals surface area contributed by atoms with E-state index in [-0.39, 0.29) is 12.2 Å². The Morgan fingerprint density at radius 1 is 1.21 bits per heavy atom. The van der Waals surface area contributed by atoms with Gasteiger partial charge >= 0.3 is 6.09 Å². The largest absolute Gasteiger partial charge is 0.465 e. The van der Waals surface area contributed by atoms with E-state index in [1.54, 1.807) is 13.0 Å². The van der Waals surface area contributed by atoms with E-state index in [0.717, 1.165) is 16.0 Å². The first-order valence-corrected chi connectivity index (χ1v) is 5.88. The normalized spacial score (nSPS) is 10.2. The molecule has 1 amide bonds. The third-order valence-electron chi connectivity index (χ3n) is 2.81. The average Bonchev–Trinajstić information content (AvgIpc) is 2.40. The van der Waals surface area contributed by atoms with Crippen molar-refractivity contribution in [2.45, 2.75) is 13.5 Å². The Morgan fingerprint density at radius 3 is 2.53 bits per heavy atom. The van der Waals surface area contributed by atoms with Crippen molar-refractivity contribution in [3.05, 3.63) is 65.5 Å². The van der Waals surface area contributed by atoms with Crippen molar-refractivity contribution in [1.29, 1.82) is 0 Å². The van der Waals surface area contributed by atoms with E-state index in [4.69, 9.17) is 0 Å². The molecule has 19 heavy (non-hydrogen) atoms. The van der Waals surface area contributed by atoms with Crippen LogP contribution in [0.25, 0.3) is 0 Å². The zero-order valence-corrected chi connectivity index (χ0v) is 10.5. The van der Waals surface area contributed by atoms with Crippen molar-refractivity contribution in [3.63, 3.8) is 0 Å². The maximum atomic E-state index is 13.8. The minimum atomic E-state index is -1.17. The molecule has 0 radical (unpaired) electrons. The van der Waals surface area contributed by atoms with Gasteiger partial charge in [0.15, 0.2) is 0 Å². The third-order valence-corrected chi connectivity index (χ3v) is 2.81. The van der Waals surface area contributed by atoms with Gasteiger partial charge in [-0.05, 0) is 30.2 Å². The van der Waals surface area contributed by atoms with Crippen LogP contribution in [0.15, 0.2) is 48.5 Å². The molecule has 98 valence electrons. The summed E-state index contributed by atoms with van der Waals surface area (Å²) in [7, 11) is 0. The van der Waals surface area contributed by atoms with Crippen molar-refractivity contribution >= 4 is 11.8 Å². The third kappa shape index (κ3) is 3.10. The molecule has 0 saturated heterocycles. The van der Waals surface area contributed by atoms with Gasteiger partial charge in [0.2, 0.25) is 0 Å². The standard InChI is InChI=1S/C15H14FNO2/c1-11-7-8-13(16)14(9-11)17(15(18)19)10-12-5-3-2-4-6-12/h2-9H,10H2,1H3,(H,18,19). The Kier molecular flexibility index (Phi) is 3.80. The maximum absolute atomic E-state index is 13.8. The lowest BCUT2D eigenvalue weighted by Crippen LogP contribution is -2.29. The monoisotopic (exact) mass is 259 g/mol. The van der Waals surface area contributed by atoms with Gasteiger partial charge in [0.1, 0.15) is 5.82 Å². The van der Waals surface area contributed by atoms with Crippen LogP contribution < -0.4 is 4.90 Å². The fraction of sp³-hybridized carbons (Fsp3) is 0.133. The second-order valence-corrected chi connectivity index (χ2v) is 4.31. The summed E-state index contributed by atoms with van der Waals surface area (Å²) in [5, 5.41) is 9.26. The lowest BCUT2D eigenvalue weighted by molar-refractivity contribution is 0.201. The molecular weight excluding hydrogens is 245 g/mol. The van der Waals surface area contributed by atoms with E-state index in [1.807, 2.05) is 30.3 Å². The van der Waals surface area contributed by atoms with Crippen molar-refractivity contribution < 1.29 is 14.3 Å². The SMILES string of the molecule is Cc1ccc(F)c(N(Cc2ccccc2)C(=O)O)c1. The molecule has 0 spiro atoms. The van der Waals surface area contributed by atoms with Crippen LogP contribution in [0, 0.1) is 12.7 Å². The number of anilines is 1. The van der Waals surface area contributed by atoms with Crippen LogP contribution in [-0.4, -0.2) is 11.2 Å². The molecule has 0 aliphatic heterocycles. The molecule has 2 rings (SSSR count). The fourth-order valence-electron chi connectivity index (χ4n) is 1.85. The first-order chi connectivity index (χ1) is 9.08. The summed E-state index contributed by atoms with van der Waals surface area (Å²) in [5.74, 6) is -0.538. The lowest BCUT2D eigenvalue weighted by atomic mass is 10.1. The summed E-state index contributed by atoms with van der Waals surface area (Å²) in [6, 6.07) is 13.5. The molecule has 0 bridgehead atoms. The molecule has 0 unspecified atom stereocenters. The van der Waals surface area contributed by atoms with Crippen LogP contribution in [0.5, 0.6) is 0 Å². The molecule has 0 heterocycles. The van der Waals surface area contributed by atoms with Crippen LogP contribution in [0.4, 0.5) is 14.9 Å². The molecule has 4 heteroatoms. The molecular formula is C15H14FNO2. The summed E-state index contributed by atoms with van der Waals surface area (Å²) >= 11 is 0. The first-order valence-electron chi connectivity index (χ1n) is 5.88. The second kappa shape index (κ2) is 5.52. The Bertz CT molecular complexity index is 584. The van der Waals surface area contributed by atoms with Gasteiger partial charge in [0.05, 0.1) is 12.2 Å². The quantitative estimate of drug-likeness (QED) is 0.910. The van der Waals surface area contributed by atoms with E-state index in [2.05, 4.69) is 0 Å². The zero-order chi connectivity index (χ0) is 13.8. The average molecular weight is 259 g/mol. The van der Waals surface area contributed by atoms with Crippen molar-refractivity contribution in [2.24, 2.45) is 0 Å². The number of nitrogens with zero attached hydrogens (tertiary/aromatic N) is 1. The van der Waals surface area contributed by atoms with Crippen molar-refractivity contribution in [3.8, 4) is 0 Å². The molecule has 0 fully saturated rings. The van der Waals surface area contributed by atoms with E-state index in [1.165, 1.54) is 12.1 Å². The molecule has 1 N–H and O–H groups in total. The number of carboxylic acid groups (broad SMARTS) is 1. The lowest BCUT2D eigenvalue weighted by Gasteiger charge is -2.20. The summed E-state index contributed by atoms with van der Waals surface area (Å²) in [6.45, 7) is 1.92. The highest BCUT2D eigenvalue weighted by atomic mass is 19.1. The summed E-state index contributed by atoms with van der Waals surface area (Å²) in [6.07, 6.45) is -1.17. The number of aryl methyl sites for hydroxylation is 1. The van der Waals surface area contributed by atoms with Gasteiger partial charge in [0, 0.05) is 0 Å². The zero-order valence-electron chi connectivity index (χ0n) is 10.5. The topological polar surface area (TPSA) is 40.5 Å². The molecule has 0 aliphatic rings. The second-order valence-electron chi connectivity index (χ2n) is 4.31. The molecule has 3 nitrogen and oxygen atoms in total. The van der Waals surface area contributed by atoms with Gasteiger partial charge in [-0.15, -0.1) is 0 Å². The fourth-order valence-corrected chi connectivity index (χ4v) is 1.85. The molecule has 0 saturated carbocycles. The van der Waals surface area contributed by atoms with Crippen molar-refractivity contribution in [1.82, 2.24) is 0 Å². The Balaban J connectivity index is 2.35. The predicted octanol–water partition coefficient (Wildman–Crippen LogP) is 3.82. The number of amides is 1. The van der Waals surface area contributed by atoms with Gasteiger partial charge < -0.3 is 5.11 Å². The van der Waals surface area contributed by atoms with Gasteiger partial charge in [0.25, 0.3) is 0 Å². The molecule has 0 aromatic heterocycles. The molecule has 0 aliphatic carbocycles. The number of hydrogen-bond donors (Lipinski definition) is 1. The Hall–Kier alpha value is -2.36. The summed E-state index contributed by atoms with van der Waals surface area (Å²) in [4.78, 5) is 12.3. The molecule has 0 atom stereocenters. The van der Waals surface area contributed by atoms with E-state index in [0.29, 0.717) is 0 Å². The Labute approximate surface area is 110 Å². The highest BCUT2D eigenvalue weighted by Crippen LogP contribution is 2.23. The number of hydrogen-bond acceptors (Lipinski definition) is 1. The van der Waals surface area contributed by atoms with Gasteiger partial charge in [-0.2, -0.15) is 0 Å². The van der Waals surface area contributed by atoms with Gasteiger partial charge in [-0.1, -0.05) is 36.4 Å².